The lowest BCUT2D eigenvalue weighted by Crippen LogP contribution is -2.32. The Morgan fingerprint density at radius 1 is 1.20 bits per heavy atom. The molecule has 0 aliphatic heterocycles. The topological polar surface area (TPSA) is 65.4 Å². The quantitative estimate of drug-likeness (QED) is 0.619. The Labute approximate surface area is 180 Å². The van der Waals surface area contributed by atoms with Crippen LogP contribution < -0.4 is 14.8 Å². The van der Waals surface area contributed by atoms with Crippen molar-refractivity contribution >= 4 is 17.5 Å². The van der Waals surface area contributed by atoms with Crippen LogP contribution in [0.3, 0.4) is 0 Å². The molecule has 6 nitrogen and oxygen atoms in total. The largest absolute Gasteiger partial charge is 0.497 e. The third kappa shape index (κ3) is 4.00. The molecule has 1 aliphatic rings. The van der Waals surface area contributed by atoms with Crippen LogP contribution in [0.15, 0.2) is 54.9 Å². The Hall–Kier alpha value is -2.99. The van der Waals surface area contributed by atoms with E-state index in [0.29, 0.717) is 16.5 Å². The Morgan fingerprint density at radius 3 is 2.50 bits per heavy atom. The fourth-order valence-electron chi connectivity index (χ4n) is 3.80. The van der Waals surface area contributed by atoms with Crippen molar-refractivity contribution in [2.75, 3.05) is 14.2 Å². The highest BCUT2D eigenvalue weighted by atomic mass is 35.5. The van der Waals surface area contributed by atoms with Gasteiger partial charge < -0.3 is 19.4 Å². The fraction of sp³-hybridized carbons (Fsp3) is 0.304. The predicted octanol–water partition coefficient (Wildman–Crippen LogP) is 4.10. The molecule has 0 spiro atoms. The summed E-state index contributed by atoms with van der Waals surface area (Å²) in [6, 6.07) is 12.8. The molecule has 30 heavy (non-hydrogen) atoms. The molecule has 156 valence electrons. The van der Waals surface area contributed by atoms with Crippen LogP contribution in [0.5, 0.6) is 11.5 Å². The summed E-state index contributed by atoms with van der Waals surface area (Å²) in [7, 11) is 5.11. The van der Waals surface area contributed by atoms with E-state index in [1.54, 1.807) is 26.5 Å². The first kappa shape index (κ1) is 20.3. The number of aryl methyl sites for hydroxylation is 1. The monoisotopic (exact) mass is 425 g/mol. The van der Waals surface area contributed by atoms with Crippen LogP contribution in [0.1, 0.15) is 35.3 Å². The molecule has 1 fully saturated rings. The van der Waals surface area contributed by atoms with E-state index in [4.69, 9.17) is 21.1 Å². The lowest BCUT2D eigenvalue weighted by molar-refractivity contribution is -0.123. The normalized spacial score (nSPS) is 18.5. The molecule has 1 amide bonds. The number of amides is 1. The van der Waals surface area contributed by atoms with E-state index < -0.39 is 6.04 Å². The number of hydrogen-bond acceptors (Lipinski definition) is 4. The Kier molecular flexibility index (Phi) is 5.68. The van der Waals surface area contributed by atoms with E-state index in [1.165, 1.54) is 0 Å². The minimum absolute atomic E-state index is 0.0188. The van der Waals surface area contributed by atoms with Crippen molar-refractivity contribution in [1.29, 1.82) is 0 Å². The average molecular weight is 426 g/mol. The summed E-state index contributed by atoms with van der Waals surface area (Å²) < 4.78 is 12.7. The van der Waals surface area contributed by atoms with Gasteiger partial charge in [0.15, 0.2) is 0 Å². The number of carbonyl (C=O) groups is 1. The second-order valence-electron chi connectivity index (χ2n) is 7.45. The number of nitrogens with zero attached hydrogens (tertiary/aromatic N) is 2. The second kappa shape index (κ2) is 8.40. The number of halogens is 1. The first-order valence-corrected chi connectivity index (χ1v) is 10.1. The van der Waals surface area contributed by atoms with Crippen molar-refractivity contribution in [3.8, 4) is 11.5 Å². The number of methoxy groups -OCH3 is 2. The van der Waals surface area contributed by atoms with Crippen LogP contribution in [0, 0.1) is 5.92 Å². The van der Waals surface area contributed by atoms with Crippen molar-refractivity contribution in [3.05, 3.63) is 76.8 Å². The number of aromatic nitrogens is 2. The predicted molar refractivity (Wildman–Crippen MR) is 115 cm³/mol. The highest BCUT2D eigenvalue weighted by molar-refractivity contribution is 6.31. The number of nitrogens with one attached hydrogen (secondary N) is 1. The number of imidazole rings is 1. The van der Waals surface area contributed by atoms with Gasteiger partial charge in [0.1, 0.15) is 23.4 Å². The smallest absolute Gasteiger partial charge is 0.224 e. The molecule has 1 heterocycles. The zero-order valence-corrected chi connectivity index (χ0v) is 17.9. The summed E-state index contributed by atoms with van der Waals surface area (Å²) in [4.78, 5) is 17.6. The zero-order chi connectivity index (χ0) is 21.3. The van der Waals surface area contributed by atoms with Crippen LogP contribution in [-0.2, 0) is 11.8 Å². The molecule has 0 radical (unpaired) electrons. The van der Waals surface area contributed by atoms with Crippen LogP contribution in [0.25, 0.3) is 0 Å². The van der Waals surface area contributed by atoms with E-state index in [0.717, 1.165) is 23.4 Å². The Balaban J connectivity index is 1.62. The molecular formula is C23H24ClN3O3. The summed E-state index contributed by atoms with van der Waals surface area (Å²) >= 11 is 6.33. The SMILES string of the molecule is COc1cc(OC)cc(C(NC(=O)C2CC2c2ccccc2Cl)c2nccn2C)c1. The number of hydrogen-bond donors (Lipinski definition) is 1. The minimum atomic E-state index is -0.436. The molecule has 1 N–H and O–H groups in total. The molecule has 1 aromatic heterocycles. The van der Waals surface area contributed by atoms with Gasteiger partial charge in [0.05, 0.1) is 14.2 Å². The van der Waals surface area contributed by atoms with E-state index in [2.05, 4.69) is 10.3 Å². The lowest BCUT2D eigenvalue weighted by atomic mass is 10.0. The summed E-state index contributed by atoms with van der Waals surface area (Å²) in [5.41, 5.74) is 1.86. The standard InChI is InChI=1S/C23H24ClN3O3/c1-27-9-8-25-22(27)21(14-10-15(29-2)12-16(11-14)30-3)26-23(28)19-13-18(19)17-6-4-5-7-20(17)24/h4-12,18-19,21H,13H2,1-3H3,(H,26,28). The maximum absolute atomic E-state index is 13.1. The van der Waals surface area contributed by atoms with Crippen LogP contribution in [0.4, 0.5) is 0 Å². The maximum atomic E-state index is 13.1. The minimum Gasteiger partial charge on any atom is -0.497 e. The third-order valence-electron chi connectivity index (χ3n) is 5.54. The lowest BCUT2D eigenvalue weighted by Gasteiger charge is -2.21. The molecule has 1 saturated carbocycles. The van der Waals surface area contributed by atoms with Crippen LogP contribution >= 0.6 is 11.6 Å². The number of benzene rings is 2. The molecule has 7 heteroatoms. The van der Waals surface area contributed by atoms with Gasteiger partial charge in [-0.2, -0.15) is 0 Å². The highest BCUT2D eigenvalue weighted by Gasteiger charge is 2.45. The van der Waals surface area contributed by atoms with E-state index >= 15 is 0 Å². The number of carbonyl (C=O) groups excluding carboxylic acids is 1. The van der Waals surface area contributed by atoms with Gasteiger partial charge >= 0.3 is 0 Å². The molecule has 3 atom stereocenters. The molecule has 3 unspecified atom stereocenters. The molecule has 0 saturated heterocycles. The van der Waals surface area contributed by atoms with E-state index in [-0.39, 0.29) is 17.7 Å². The molecule has 3 aromatic rings. The average Bonchev–Trinajstić information content (AvgIpc) is 3.45. The van der Waals surface area contributed by atoms with Crippen LogP contribution in [0.2, 0.25) is 5.02 Å². The molecule has 4 rings (SSSR count). The molecule has 2 aromatic carbocycles. The summed E-state index contributed by atoms with van der Waals surface area (Å²) in [6.07, 6.45) is 4.36. The van der Waals surface area contributed by atoms with Crippen molar-refractivity contribution in [2.24, 2.45) is 13.0 Å². The second-order valence-corrected chi connectivity index (χ2v) is 7.86. The van der Waals surface area contributed by atoms with Gasteiger partial charge in [-0.15, -0.1) is 0 Å². The Bertz CT molecular complexity index is 1040. The van der Waals surface area contributed by atoms with Gasteiger partial charge in [-0.05, 0) is 41.7 Å². The Morgan fingerprint density at radius 2 is 1.90 bits per heavy atom. The summed E-state index contributed by atoms with van der Waals surface area (Å²) in [5, 5.41) is 3.89. The molecule has 1 aliphatic carbocycles. The van der Waals surface area contributed by atoms with Crippen molar-refractivity contribution in [2.45, 2.75) is 18.4 Å². The van der Waals surface area contributed by atoms with Gasteiger partial charge in [0.25, 0.3) is 0 Å². The maximum Gasteiger partial charge on any atom is 0.224 e. The summed E-state index contributed by atoms with van der Waals surface area (Å²) in [5.74, 6) is 2.04. The van der Waals surface area contributed by atoms with Crippen LogP contribution in [-0.4, -0.2) is 29.7 Å². The van der Waals surface area contributed by atoms with Gasteiger partial charge in [-0.25, -0.2) is 4.98 Å². The van der Waals surface area contributed by atoms with Gasteiger partial charge in [0, 0.05) is 36.4 Å². The fourth-order valence-corrected chi connectivity index (χ4v) is 4.08. The zero-order valence-electron chi connectivity index (χ0n) is 17.1. The third-order valence-corrected chi connectivity index (χ3v) is 5.89. The van der Waals surface area contributed by atoms with Crippen molar-refractivity contribution < 1.29 is 14.3 Å². The molecule has 0 bridgehead atoms. The van der Waals surface area contributed by atoms with Crippen molar-refractivity contribution in [3.63, 3.8) is 0 Å². The highest BCUT2D eigenvalue weighted by Crippen LogP contribution is 2.50. The van der Waals surface area contributed by atoms with Gasteiger partial charge in [-0.1, -0.05) is 29.8 Å². The number of ether oxygens (including phenoxy) is 2. The molecular weight excluding hydrogens is 402 g/mol. The number of rotatable bonds is 7. The first-order valence-electron chi connectivity index (χ1n) is 9.76. The van der Waals surface area contributed by atoms with Gasteiger partial charge in [0.2, 0.25) is 5.91 Å². The summed E-state index contributed by atoms with van der Waals surface area (Å²) in [6.45, 7) is 0. The van der Waals surface area contributed by atoms with Gasteiger partial charge in [-0.3, -0.25) is 4.79 Å². The first-order chi connectivity index (χ1) is 14.5. The van der Waals surface area contributed by atoms with Crippen molar-refractivity contribution in [1.82, 2.24) is 14.9 Å². The van der Waals surface area contributed by atoms with E-state index in [1.807, 2.05) is 54.2 Å². The van der Waals surface area contributed by atoms with E-state index in [9.17, 15) is 4.79 Å².